The van der Waals surface area contributed by atoms with Gasteiger partial charge in [0.05, 0.1) is 17.5 Å². The van der Waals surface area contributed by atoms with E-state index in [4.69, 9.17) is 16.1 Å². The van der Waals surface area contributed by atoms with E-state index in [9.17, 15) is 4.79 Å². The summed E-state index contributed by atoms with van der Waals surface area (Å²) in [5.41, 5.74) is 3.82. The molecule has 1 saturated heterocycles. The summed E-state index contributed by atoms with van der Waals surface area (Å²) in [7, 11) is 0. The number of nitrogens with zero attached hydrogens (tertiary/aromatic N) is 3. The molecule has 0 bridgehead atoms. The van der Waals surface area contributed by atoms with Crippen LogP contribution in [0.25, 0.3) is 11.4 Å². The van der Waals surface area contributed by atoms with Crippen molar-refractivity contribution in [2.75, 3.05) is 18.4 Å². The summed E-state index contributed by atoms with van der Waals surface area (Å²) in [6, 6.07) is 13.5. The normalized spacial score (nSPS) is 17.1. The molecule has 1 aliphatic heterocycles. The number of aromatic nitrogens is 2. The van der Waals surface area contributed by atoms with Gasteiger partial charge < -0.3 is 9.84 Å². The molecule has 1 aromatic heterocycles. The van der Waals surface area contributed by atoms with Crippen LogP contribution in [0.1, 0.15) is 29.9 Å². The van der Waals surface area contributed by atoms with Crippen LogP contribution in [0.2, 0.25) is 5.02 Å². The summed E-state index contributed by atoms with van der Waals surface area (Å²) in [6.45, 7) is 6.12. The largest absolute Gasteiger partial charge is 0.338 e. The summed E-state index contributed by atoms with van der Waals surface area (Å²) in [4.78, 5) is 19.6. The molecular weight excluding hydrogens is 400 g/mol. The minimum Gasteiger partial charge on any atom is -0.338 e. The van der Waals surface area contributed by atoms with E-state index in [0.717, 1.165) is 41.8 Å². The van der Waals surface area contributed by atoms with Gasteiger partial charge in [0.25, 0.3) is 0 Å². The molecule has 3 aromatic rings. The van der Waals surface area contributed by atoms with Gasteiger partial charge in [0, 0.05) is 17.8 Å². The molecule has 4 rings (SSSR count). The Hall–Kier alpha value is -2.70. The van der Waals surface area contributed by atoms with Gasteiger partial charge in [0.15, 0.2) is 0 Å². The number of benzene rings is 2. The first-order chi connectivity index (χ1) is 14.5. The second kappa shape index (κ2) is 8.98. The Labute approximate surface area is 181 Å². The summed E-state index contributed by atoms with van der Waals surface area (Å²) in [6.07, 6.45) is 1.83. The monoisotopic (exact) mass is 424 g/mol. The van der Waals surface area contributed by atoms with E-state index in [1.54, 1.807) is 6.07 Å². The lowest BCUT2D eigenvalue weighted by molar-refractivity contribution is -0.121. The predicted octanol–water partition coefficient (Wildman–Crippen LogP) is 4.86. The van der Waals surface area contributed by atoms with Crippen molar-refractivity contribution in [1.82, 2.24) is 15.0 Å². The minimum absolute atomic E-state index is 0.0660. The average molecular weight is 425 g/mol. The smallest absolute Gasteiger partial charge is 0.241 e. The third kappa shape index (κ3) is 4.55. The van der Waals surface area contributed by atoms with Gasteiger partial charge in [-0.05, 0) is 56.5 Å². The van der Waals surface area contributed by atoms with E-state index in [0.29, 0.717) is 29.8 Å². The van der Waals surface area contributed by atoms with Gasteiger partial charge >= 0.3 is 0 Å². The number of para-hydroxylation sites is 1. The van der Waals surface area contributed by atoms with E-state index in [-0.39, 0.29) is 11.8 Å². The SMILES string of the molecule is Cc1cccc(C)c1NC(=O)C1CCCN(Cc2nc(-c3ccccc3Cl)no2)C1. The van der Waals surface area contributed by atoms with Crippen LogP contribution in [-0.4, -0.2) is 34.0 Å². The first-order valence-corrected chi connectivity index (χ1v) is 10.6. The molecule has 1 atom stereocenters. The van der Waals surface area contributed by atoms with Gasteiger partial charge in [-0.25, -0.2) is 0 Å². The van der Waals surface area contributed by atoms with Gasteiger partial charge in [-0.3, -0.25) is 9.69 Å². The fourth-order valence-corrected chi connectivity index (χ4v) is 4.13. The Balaban J connectivity index is 1.40. The molecule has 156 valence electrons. The molecule has 1 fully saturated rings. The van der Waals surface area contributed by atoms with Crippen molar-refractivity contribution in [1.29, 1.82) is 0 Å². The molecule has 30 heavy (non-hydrogen) atoms. The molecule has 1 unspecified atom stereocenters. The molecule has 1 amide bonds. The summed E-state index contributed by atoms with van der Waals surface area (Å²) >= 11 is 6.23. The van der Waals surface area contributed by atoms with Crippen molar-refractivity contribution in [3.8, 4) is 11.4 Å². The Bertz CT molecular complexity index is 1030. The van der Waals surface area contributed by atoms with Crippen LogP contribution in [0.5, 0.6) is 0 Å². The molecule has 1 N–H and O–H groups in total. The maximum atomic E-state index is 12.9. The lowest BCUT2D eigenvalue weighted by Crippen LogP contribution is -2.40. The van der Waals surface area contributed by atoms with Crippen LogP contribution in [0, 0.1) is 19.8 Å². The highest BCUT2D eigenvalue weighted by atomic mass is 35.5. The van der Waals surface area contributed by atoms with Crippen LogP contribution in [0.3, 0.4) is 0 Å². The lowest BCUT2D eigenvalue weighted by atomic mass is 9.96. The molecule has 2 heterocycles. The predicted molar refractivity (Wildman–Crippen MR) is 117 cm³/mol. The zero-order valence-corrected chi connectivity index (χ0v) is 17.9. The summed E-state index contributed by atoms with van der Waals surface area (Å²) in [5, 5.41) is 7.79. The third-order valence-corrected chi connectivity index (χ3v) is 5.88. The van der Waals surface area contributed by atoms with E-state index < -0.39 is 0 Å². The number of hydrogen-bond donors (Lipinski definition) is 1. The van der Waals surface area contributed by atoms with Crippen molar-refractivity contribution < 1.29 is 9.32 Å². The Morgan fingerprint density at radius 3 is 2.73 bits per heavy atom. The Morgan fingerprint density at radius 1 is 1.20 bits per heavy atom. The number of halogens is 1. The first-order valence-electron chi connectivity index (χ1n) is 10.2. The van der Waals surface area contributed by atoms with Crippen molar-refractivity contribution in [3.05, 3.63) is 64.5 Å². The van der Waals surface area contributed by atoms with Crippen LogP contribution in [0.15, 0.2) is 47.0 Å². The van der Waals surface area contributed by atoms with Gasteiger partial charge in [-0.2, -0.15) is 4.98 Å². The number of carbonyl (C=O) groups is 1. The molecule has 1 aliphatic rings. The first kappa shape index (κ1) is 20.6. The van der Waals surface area contributed by atoms with E-state index in [1.165, 1.54) is 0 Å². The highest BCUT2D eigenvalue weighted by molar-refractivity contribution is 6.33. The molecular formula is C23H25ClN4O2. The number of likely N-dealkylation sites (tertiary alicyclic amines) is 1. The number of aryl methyl sites for hydroxylation is 2. The second-order valence-corrected chi connectivity index (χ2v) is 8.23. The lowest BCUT2D eigenvalue weighted by Gasteiger charge is -2.31. The van der Waals surface area contributed by atoms with Crippen molar-refractivity contribution in [2.24, 2.45) is 5.92 Å². The zero-order valence-electron chi connectivity index (χ0n) is 17.2. The second-order valence-electron chi connectivity index (χ2n) is 7.82. The molecule has 7 heteroatoms. The topological polar surface area (TPSA) is 71.3 Å². The fraction of sp³-hybridized carbons (Fsp3) is 0.348. The fourth-order valence-electron chi connectivity index (χ4n) is 3.91. The zero-order chi connectivity index (χ0) is 21.1. The van der Waals surface area contributed by atoms with Crippen LogP contribution in [-0.2, 0) is 11.3 Å². The maximum Gasteiger partial charge on any atom is 0.241 e. The molecule has 0 spiro atoms. The standard InChI is InChI=1S/C23H25ClN4O2/c1-15-7-5-8-16(2)21(15)26-23(29)17-9-6-12-28(13-17)14-20-25-22(27-30-20)18-10-3-4-11-19(18)24/h3-5,7-8,10-11,17H,6,9,12-14H2,1-2H3,(H,26,29). The van der Waals surface area contributed by atoms with Gasteiger partial charge in [-0.15, -0.1) is 0 Å². The molecule has 0 saturated carbocycles. The van der Waals surface area contributed by atoms with Crippen molar-refractivity contribution in [3.63, 3.8) is 0 Å². The van der Waals surface area contributed by atoms with Crippen molar-refractivity contribution >= 4 is 23.2 Å². The molecule has 6 nitrogen and oxygen atoms in total. The number of piperidine rings is 1. The highest BCUT2D eigenvalue weighted by Gasteiger charge is 2.27. The van der Waals surface area contributed by atoms with Gasteiger partial charge in [0.1, 0.15) is 0 Å². The van der Waals surface area contributed by atoms with Crippen LogP contribution in [0.4, 0.5) is 5.69 Å². The summed E-state index contributed by atoms with van der Waals surface area (Å²) < 4.78 is 5.44. The number of carbonyl (C=O) groups excluding carboxylic acids is 1. The van der Waals surface area contributed by atoms with E-state index >= 15 is 0 Å². The average Bonchev–Trinajstić information content (AvgIpc) is 3.19. The van der Waals surface area contributed by atoms with Crippen LogP contribution >= 0.6 is 11.6 Å². The quantitative estimate of drug-likeness (QED) is 0.633. The van der Waals surface area contributed by atoms with E-state index in [1.807, 2.05) is 50.2 Å². The Kier molecular flexibility index (Phi) is 6.16. The van der Waals surface area contributed by atoms with Crippen molar-refractivity contribution in [2.45, 2.75) is 33.2 Å². The van der Waals surface area contributed by atoms with Gasteiger partial charge in [-0.1, -0.05) is 47.1 Å². The maximum absolute atomic E-state index is 12.9. The number of rotatable bonds is 5. The minimum atomic E-state index is -0.0660. The number of anilines is 1. The molecule has 2 aromatic carbocycles. The molecule has 0 aliphatic carbocycles. The number of nitrogens with one attached hydrogen (secondary N) is 1. The third-order valence-electron chi connectivity index (χ3n) is 5.55. The van der Waals surface area contributed by atoms with Crippen LogP contribution < -0.4 is 5.32 Å². The Morgan fingerprint density at radius 2 is 1.97 bits per heavy atom. The number of hydrogen-bond acceptors (Lipinski definition) is 5. The summed E-state index contributed by atoms with van der Waals surface area (Å²) in [5.74, 6) is 1.01. The van der Waals surface area contributed by atoms with Gasteiger partial charge in [0.2, 0.25) is 17.6 Å². The van der Waals surface area contributed by atoms with E-state index in [2.05, 4.69) is 20.4 Å². The molecule has 0 radical (unpaired) electrons. The highest BCUT2D eigenvalue weighted by Crippen LogP contribution is 2.26. The number of amides is 1.